The Morgan fingerprint density at radius 2 is 1.81 bits per heavy atom. The first-order chi connectivity index (χ1) is 7.68. The lowest BCUT2D eigenvalue weighted by Crippen LogP contribution is -2.22. The van der Waals surface area contributed by atoms with Crippen molar-refractivity contribution in [2.45, 2.75) is 0 Å². The monoisotopic (exact) mass is 212 g/mol. The van der Waals surface area contributed by atoms with Crippen molar-refractivity contribution in [1.29, 1.82) is 0 Å². The van der Waals surface area contributed by atoms with Gasteiger partial charge < -0.3 is 15.6 Å². The molecule has 0 atom stereocenters. The summed E-state index contributed by atoms with van der Waals surface area (Å²) in [6.07, 6.45) is 0. The summed E-state index contributed by atoms with van der Waals surface area (Å²) in [7, 11) is 0. The quantitative estimate of drug-likeness (QED) is 0.763. The van der Waals surface area contributed by atoms with Crippen LogP contribution in [0.4, 0.5) is 5.69 Å². The van der Waals surface area contributed by atoms with Gasteiger partial charge >= 0.3 is 0 Å². The number of hydrogen-bond donors (Lipinski definition) is 1. The summed E-state index contributed by atoms with van der Waals surface area (Å²) < 4.78 is 0. The molecule has 0 aromatic heterocycles. The molecular formula is C13H10NO2-. The van der Waals surface area contributed by atoms with Gasteiger partial charge in [-0.1, -0.05) is 36.4 Å². The zero-order valence-corrected chi connectivity index (χ0v) is 8.51. The second-order valence-electron chi connectivity index (χ2n) is 3.46. The first-order valence-electron chi connectivity index (χ1n) is 4.85. The number of carbonyl (C=O) groups is 1. The number of rotatable bonds is 2. The van der Waals surface area contributed by atoms with Gasteiger partial charge in [0.15, 0.2) is 0 Å². The van der Waals surface area contributed by atoms with Crippen LogP contribution in [0.25, 0.3) is 11.1 Å². The normalized spacial score (nSPS) is 10.0. The van der Waals surface area contributed by atoms with E-state index in [4.69, 9.17) is 5.73 Å². The summed E-state index contributed by atoms with van der Waals surface area (Å²) in [5.74, 6) is -1.18. The molecule has 0 heterocycles. The predicted octanol–water partition coefficient (Wildman–Crippen LogP) is 1.30. The molecule has 0 unspecified atom stereocenters. The highest BCUT2D eigenvalue weighted by Crippen LogP contribution is 2.24. The average Bonchev–Trinajstić information content (AvgIpc) is 2.29. The van der Waals surface area contributed by atoms with Gasteiger partial charge in [0.25, 0.3) is 0 Å². The van der Waals surface area contributed by atoms with Crippen LogP contribution in [-0.4, -0.2) is 5.97 Å². The van der Waals surface area contributed by atoms with Crippen molar-refractivity contribution in [3.05, 3.63) is 54.1 Å². The molecule has 0 spiro atoms. The standard InChI is InChI=1S/C13H11NO2/c14-10-5-3-4-9(8-10)11-6-1-2-7-12(11)13(15)16/h1-8H,14H2,(H,15,16)/p-1. The zero-order chi connectivity index (χ0) is 11.5. The summed E-state index contributed by atoms with van der Waals surface area (Å²) in [5, 5.41) is 10.9. The molecule has 2 N–H and O–H groups in total. The second-order valence-corrected chi connectivity index (χ2v) is 3.46. The number of nitrogens with two attached hydrogens (primary N) is 1. The number of benzene rings is 2. The van der Waals surface area contributed by atoms with E-state index >= 15 is 0 Å². The molecule has 0 aliphatic heterocycles. The largest absolute Gasteiger partial charge is 0.545 e. The first kappa shape index (κ1) is 10.2. The van der Waals surface area contributed by atoms with Crippen molar-refractivity contribution in [3.8, 4) is 11.1 Å². The van der Waals surface area contributed by atoms with Gasteiger partial charge in [-0.2, -0.15) is 0 Å². The number of carbonyl (C=O) groups excluding carboxylic acids is 1. The molecule has 0 amide bonds. The molecule has 0 radical (unpaired) electrons. The van der Waals surface area contributed by atoms with E-state index in [1.165, 1.54) is 6.07 Å². The van der Waals surface area contributed by atoms with Crippen molar-refractivity contribution in [2.24, 2.45) is 0 Å². The number of nitrogen functional groups attached to an aromatic ring is 1. The van der Waals surface area contributed by atoms with Gasteiger partial charge in [0.1, 0.15) is 0 Å². The van der Waals surface area contributed by atoms with Crippen molar-refractivity contribution >= 4 is 11.7 Å². The highest BCUT2D eigenvalue weighted by atomic mass is 16.4. The molecule has 0 aliphatic rings. The third-order valence-corrected chi connectivity index (χ3v) is 2.34. The molecule has 80 valence electrons. The highest BCUT2D eigenvalue weighted by Gasteiger charge is 2.04. The summed E-state index contributed by atoms with van der Waals surface area (Å²) in [6.45, 7) is 0. The minimum atomic E-state index is -1.18. The Bertz CT molecular complexity index is 535. The van der Waals surface area contributed by atoms with Crippen molar-refractivity contribution in [3.63, 3.8) is 0 Å². The van der Waals surface area contributed by atoms with E-state index in [2.05, 4.69) is 0 Å². The van der Waals surface area contributed by atoms with Crippen LogP contribution in [0.5, 0.6) is 0 Å². The lowest BCUT2D eigenvalue weighted by Gasteiger charge is -2.10. The van der Waals surface area contributed by atoms with Crippen LogP contribution in [0.2, 0.25) is 0 Å². The Hall–Kier alpha value is -2.29. The Labute approximate surface area is 93.1 Å². The van der Waals surface area contributed by atoms with Crippen LogP contribution in [0.3, 0.4) is 0 Å². The van der Waals surface area contributed by atoms with E-state index in [0.29, 0.717) is 11.3 Å². The van der Waals surface area contributed by atoms with Gasteiger partial charge in [-0.25, -0.2) is 0 Å². The maximum Gasteiger partial charge on any atom is 0.0721 e. The van der Waals surface area contributed by atoms with Crippen LogP contribution >= 0.6 is 0 Å². The predicted molar refractivity (Wildman–Crippen MR) is 60.6 cm³/mol. The lowest BCUT2D eigenvalue weighted by molar-refractivity contribution is -0.254. The highest BCUT2D eigenvalue weighted by molar-refractivity contribution is 5.94. The number of anilines is 1. The van der Waals surface area contributed by atoms with Crippen LogP contribution < -0.4 is 10.8 Å². The molecule has 0 saturated carbocycles. The van der Waals surface area contributed by atoms with Crippen molar-refractivity contribution in [1.82, 2.24) is 0 Å². The topological polar surface area (TPSA) is 66.2 Å². The number of carboxylic acids is 1. The molecular weight excluding hydrogens is 202 g/mol. The summed E-state index contributed by atoms with van der Waals surface area (Å²) in [4.78, 5) is 10.9. The molecule has 2 rings (SSSR count). The van der Waals surface area contributed by atoms with Gasteiger partial charge in [-0.15, -0.1) is 0 Å². The zero-order valence-electron chi connectivity index (χ0n) is 8.51. The molecule has 2 aromatic rings. The summed E-state index contributed by atoms with van der Waals surface area (Å²) >= 11 is 0. The molecule has 0 aliphatic carbocycles. The molecule has 3 nitrogen and oxygen atoms in total. The van der Waals surface area contributed by atoms with Gasteiger partial charge in [-0.05, 0) is 23.3 Å². The number of carboxylic acid groups (broad SMARTS) is 1. The fraction of sp³-hybridized carbons (Fsp3) is 0. The van der Waals surface area contributed by atoms with E-state index in [1.54, 1.807) is 36.4 Å². The molecule has 0 saturated heterocycles. The third kappa shape index (κ3) is 1.88. The Morgan fingerprint density at radius 1 is 1.06 bits per heavy atom. The Morgan fingerprint density at radius 3 is 2.50 bits per heavy atom. The summed E-state index contributed by atoms with van der Waals surface area (Å²) in [6, 6.07) is 13.8. The number of aromatic carboxylic acids is 1. The van der Waals surface area contributed by atoms with Crippen molar-refractivity contribution < 1.29 is 9.90 Å². The van der Waals surface area contributed by atoms with Gasteiger partial charge in [0.05, 0.1) is 5.97 Å². The van der Waals surface area contributed by atoms with Crippen LogP contribution in [-0.2, 0) is 0 Å². The third-order valence-electron chi connectivity index (χ3n) is 2.34. The van der Waals surface area contributed by atoms with Crippen LogP contribution in [0.1, 0.15) is 10.4 Å². The van der Waals surface area contributed by atoms with E-state index in [-0.39, 0.29) is 5.56 Å². The van der Waals surface area contributed by atoms with Gasteiger partial charge in [0.2, 0.25) is 0 Å². The van der Waals surface area contributed by atoms with Crippen LogP contribution in [0.15, 0.2) is 48.5 Å². The number of hydrogen-bond acceptors (Lipinski definition) is 3. The molecule has 16 heavy (non-hydrogen) atoms. The molecule has 3 heteroatoms. The smallest absolute Gasteiger partial charge is 0.0721 e. The van der Waals surface area contributed by atoms with Gasteiger partial charge in [-0.3, -0.25) is 0 Å². The Kier molecular flexibility index (Phi) is 2.60. The SMILES string of the molecule is Nc1cccc(-c2ccccc2C(=O)[O-])c1. The maximum absolute atomic E-state index is 10.9. The van der Waals surface area contributed by atoms with E-state index in [1.807, 2.05) is 6.07 Å². The van der Waals surface area contributed by atoms with E-state index in [9.17, 15) is 9.90 Å². The lowest BCUT2D eigenvalue weighted by atomic mass is 9.99. The Balaban J connectivity index is 2.60. The van der Waals surface area contributed by atoms with Gasteiger partial charge in [0, 0.05) is 11.3 Å². The van der Waals surface area contributed by atoms with Crippen LogP contribution in [0, 0.1) is 0 Å². The van der Waals surface area contributed by atoms with E-state index < -0.39 is 5.97 Å². The minimum Gasteiger partial charge on any atom is -0.545 e. The molecule has 2 aromatic carbocycles. The maximum atomic E-state index is 10.9. The van der Waals surface area contributed by atoms with Crippen molar-refractivity contribution in [2.75, 3.05) is 5.73 Å². The summed E-state index contributed by atoms with van der Waals surface area (Å²) in [5.41, 5.74) is 7.83. The van der Waals surface area contributed by atoms with E-state index in [0.717, 1.165) is 5.56 Å². The molecule has 0 bridgehead atoms. The average molecular weight is 212 g/mol. The molecule has 0 fully saturated rings. The second kappa shape index (κ2) is 4.06. The fourth-order valence-electron chi connectivity index (χ4n) is 1.62. The first-order valence-corrected chi connectivity index (χ1v) is 4.85. The fourth-order valence-corrected chi connectivity index (χ4v) is 1.62. The minimum absolute atomic E-state index is 0.174.